The maximum Gasteiger partial charge on any atom is 0.240 e. The Morgan fingerprint density at radius 1 is 1.00 bits per heavy atom. The number of benzene rings is 2. The summed E-state index contributed by atoms with van der Waals surface area (Å²) in [6.07, 6.45) is 4.05. The molecule has 3 N–H and O–H groups in total. The highest BCUT2D eigenvalue weighted by atomic mass is 32.2. The highest BCUT2D eigenvalue weighted by molar-refractivity contribution is 7.89. The number of anilines is 1. The molecule has 0 aliphatic carbocycles. The molecule has 3 aromatic heterocycles. The number of imidazole rings is 1. The average Bonchev–Trinajstić information content (AvgIpc) is 3.46. The SMILES string of the molecule is O=S(=O)(NCCCNc1nccc(-c2c(-c3ccc(O)cc3)nc3sccn23)n1)c1ccc(F)cc1. The number of thiazole rings is 1. The number of hydrogen-bond donors (Lipinski definition) is 3. The minimum Gasteiger partial charge on any atom is -0.508 e. The van der Waals surface area contributed by atoms with Gasteiger partial charge < -0.3 is 10.4 Å². The molecule has 36 heavy (non-hydrogen) atoms. The third kappa shape index (κ3) is 5.05. The number of aromatic nitrogens is 4. The van der Waals surface area contributed by atoms with Gasteiger partial charge in [-0.2, -0.15) is 0 Å². The fourth-order valence-electron chi connectivity index (χ4n) is 3.62. The van der Waals surface area contributed by atoms with Crippen LogP contribution in [-0.4, -0.2) is 46.0 Å². The highest BCUT2D eigenvalue weighted by Gasteiger charge is 2.18. The van der Waals surface area contributed by atoms with Crippen LogP contribution >= 0.6 is 11.3 Å². The van der Waals surface area contributed by atoms with Gasteiger partial charge in [0.2, 0.25) is 16.0 Å². The Balaban J connectivity index is 1.27. The van der Waals surface area contributed by atoms with Crippen LogP contribution in [-0.2, 0) is 10.0 Å². The zero-order valence-corrected chi connectivity index (χ0v) is 20.4. The van der Waals surface area contributed by atoms with Crippen LogP contribution in [0.2, 0.25) is 0 Å². The fourth-order valence-corrected chi connectivity index (χ4v) is 5.41. The summed E-state index contributed by atoms with van der Waals surface area (Å²) in [6.45, 7) is 0.621. The molecule has 2 aromatic carbocycles. The summed E-state index contributed by atoms with van der Waals surface area (Å²) in [5.41, 5.74) is 3.05. The molecule has 0 saturated heterocycles. The predicted octanol–water partition coefficient (Wildman–Crippen LogP) is 4.15. The van der Waals surface area contributed by atoms with Gasteiger partial charge in [-0.15, -0.1) is 11.3 Å². The van der Waals surface area contributed by atoms with Gasteiger partial charge in [-0.05, 0) is 61.0 Å². The van der Waals surface area contributed by atoms with Crippen LogP contribution in [0.4, 0.5) is 10.3 Å². The number of hydrogen-bond acceptors (Lipinski definition) is 8. The van der Waals surface area contributed by atoms with E-state index < -0.39 is 15.8 Å². The number of aromatic hydroxyl groups is 1. The summed E-state index contributed by atoms with van der Waals surface area (Å²) in [7, 11) is -3.71. The Labute approximate surface area is 210 Å². The summed E-state index contributed by atoms with van der Waals surface area (Å²) in [6, 6.07) is 13.3. The van der Waals surface area contributed by atoms with Crippen molar-refractivity contribution in [1.82, 2.24) is 24.1 Å². The van der Waals surface area contributed by atoms with E-state index in [1.54, 1.807) is 36.5 Å². The third-order valence-electron chi connectivity index (χ3n) is 5.35. The van der Waals surface area contributed by atoms with Gasteiger partial charge in [0, 0.05) is 36.4 Å². The van der Waals surface area contributed by atoms with Crippen LogP contribution < -0.4 is 10.0 Å². The van der Waals surface area contributed by atoms with E-state index in [0.717, 1.165) is 34.0 Å². The lowest BCUT2D eigenvalue weighted by molar-refractivity contribution is 0.475. The minimum absolute atomic E-state index is 0.0119. The smallest absolute Gasteiger partial charge is 0.240 e. The quantitative estimate of drug-likeness (QED) is 0.248. The second kappa shape index (κ2) is 10.0. The molecule has 0 aliphatic heterocycles. The molecule has 0 aliphatic rings. The van der Waals surface area contributed by atoms with Crippen LogP contribution in [0.1, 0.15) is 6.42 Å². The lowest BCUT2D eigenvalue weighted by Crippen LogP contribution is -2.26. The van der Waals surface area contributed by atoms with Gasteiger partial charge in [0.05, 0.1) is 16.3 Å². The first-order valence-electron chi connectivity index (χ1n) is 11.0. The van der Waals surface area contributed by atoms with Crippen molar-refractivity contribution in [3.63, 3.8) is 0 Å². The fraction of sp³-hybridized carbons (Fsp3) is 0.125. The van der Waals surface area contributed by atoms with Crippen LogP contribution in [0.25, 0.3) is 27.6 Å². The van der Waals surface area contributed by atoms with Crippen molar-refractivity contribution in [3.8, 4) is 28.4 Å². The summed E-state index contributed by atoms with van der Waals surface area (Å²) in [5, 5.41) is 14.7. The number of phenolic OH excluding ortho intramolecular Hbond substituents is 1. The standard InChI is InChI=1S/C24H21FN6O3S2/c25-17-4-8-19(9-5-17)36(33,34)28-12-1-11-26-23-27-13-10-20(29-23)22-21(16-2-6-18(32)7-3-16)30-24-31(22)14-15-35-24/h2-10,13-15,28,32H,1,11-12H2,(H,26,27,29). The molecule has 0 fully saturated rings. The monoisotopic (exact) mass is 524 g/mol. The highest BCUT2D eigenvalue weighted by Crippen LogP contribution is 2.34. The molecule has 0 spiro atoms. The van der Waals surface area contributed by atoms with E-state index in [0.29, 0.717) is 24.6 Å². The molecule has 184 valence electrons. The predicted molar refractivity (Wildman–Crippen MR) is 136 cm³/mol. The molecule has 0 bridgehead atoms. The maximum atomic E-state index is 13.0. The first-order valence-corrected chi connectivity index (χ1v) is 13.3. The van der Waals surface area contributed by atoms with Crippen molar-refractivity contribution in [2.75, 3.05) is 18.4 Å². The third-order valence-corrected chi connectivity index (χ3v) is 7.59. The van der Waals surface area contributed by atoms with Gasteiger partial charge in [-0.3, -0.25) is 4.40 Å². The molecule has 5 aromatic rings. The Morgan fingerprint density at radius 3 is 2.56 bits per heavy atom. The Hall–Kier alpha value is -3.87. The van der Waals surface area contributed by atoms with Gasteiger partial charge in [0.1, 0.15) is 17.3 Å². The molecular formula is C24H21FN6O3S2. The molecule has 0 amide bonds. The van der Waals surface area contributed by atoms with E-state index in [4.69, 9.17) is 4.98 Å². The van der Waals surface area contributed by atoms with Gasteiger partial charge in [-0.1, -0.05) is 0 Å². The van der Waals surface area contributed by atoms with Crippen molar-refractivity contribution in [2.45, 2.75) is 11.3 Å². The first kappa shape index (κ1) is 23.9. The van der Waals surface area contributed by atoms with Crippen LogP contribution in [0, 0.1) is 5.82 Å². The van der Waals surface area contributed by atoms with Gasteiger partial charge in [0.25, 0.3) is 0 Å². The largest absolute Gasteiger partial charge is 0.508 e. The van der Waals surface area contributed by atoms with E-state index in [-0.39, 0.29) is 17.2 Å². The number of halogens is 1. The van der Waals surface area contributed by atoms with E-state index in [1.165, 1.54) is 23.5 Å². The van der Waals surface area contributed by atoms with Gasteiger partial charge >= 0.3 is 0 Å². The molecule has 0 atom stereocenters. The van der Waals surface area contributed by atoms with E-state index in [2.05, 4.69) is 20.0 Å². The normalized spacial score (nSPS) is 11.7. The lowest BCUT2D eigenvalue weighted by Gasteiger charge is -2.09. The van der Waals surface area contributed by atoms with Gasteiger partial charge in [-0.25, -0.2) is 32.5 Å². The summed E-state index contributed by atoms with van der Waals surface area (Å²) < 4.78 is 42.1. The van der Waals surface area contributed by atoms with Crippen molar-refractivity contribution in [2.24, 2.45) is 0 Å². The Bertz CT molecular complexity index is 1600. The zero-order valence-electron chi connectivity index (χ0n) is 18.8. The molecule has 12 heteroatoms. The number of fused-ring (bicyclic) bond motifs is 1. The van der Waals surface area contributed by atoms with E-state index in [1.807, 2.05) is 16.0 Å². The first-order chi connectivity index (χ1) is 17.4. The van der Waals surface area contributed by atoms with Crippen molar-refractivity contribution < 1.29 is 17.9 Å². The molecular weight excluding hydrogens is 503 g/mol. The van der Waals surface area contributed by atoms with Crippen LogP contribution in [0.15, 0.2) is 77.3 Å². The van der Waals surface area contributed by atoms with Crippen molar-refractivity contribution in [1.29, 1.82) is 0 Å². The van der Waals surface area contributed by atoms with E-state index >= 15 is 0 Å². The van der Waals surface area contributed by atoms with Crippen molar-refractivity contribution >= 4 is 32.3 Å². The lowest BCUT2D eigenvalue weighted by atomic mass is 10.1. The molecule has 0 saturated carbocycles. The van der Waals surface area contributed by atoms with Crippen molar-refractivity contribution in [3.05, 3.63) is 78.2 Å². The Morgan fingerprint density at radius 2 is 1.78 bits per heavy atom. The molecule has 0 unspecified atom stereocenters. The topological polar surface area (TPSA) is 122 Å². The molecule has 0 radical (unpaired) electrons. The maximum absolute atomic E-state index is 13.0. The number of rotatable bonds is 9. The number of phenols is 1. The average molecular weight is 525 g/mol. The number of sulfonamides is 1. The summed E-state index contributed by atoms with van der Waals surface area (Å²) in [4.78, 5) is 14.5. The number of nitrogens with one attached hydrogen (secondary N) is 2. The Kier molecular flexibility index (Phi) is 6.63. The van der Waals surface area contributed by atoms with Gasteiger partial charge in [0.15, 0.2) is 4.96 Å². The van der Waals surface area contributed by atoms with Crippen LogP contribution in [0.5, 0.6) is 5.75 Å². The second-order valence-electron chi connectivity index (χ2n) is 7.81. The second-order valence-corrected chi connectivity index (χ2v) is 10.4. The molecule has 9 nitrogen and oxygen atoms in total. The van der Waals surface area contributed by atoms with E-state index in [9.17, 15) is 17.9 Å². The number of nitrogens with zero attached hydrogens (tertiary/aromatic N) is 4. The molecule has 5 rings (SSSR count). The summed E-state index contributed by atoms with van der Waals surface area (Å²) >= 11 is 1.51. The molecule has 3 heterocycles. The zero-order chi connectivity index (χ0) is 25.1. The summed E-state index contributed by atoms with van der Waals surface area (Å²) in [5.74, 6) is 0.0803. The van der Waals surface area contributed by atoms with Crippen LogP contribution in [0.3, 0.4) is 0 Å². The minimum atomic E-state index is -3.71.